The van der Waals surface area contributed by atoms with E-state index in [2.05, 4.69) is 42.3 Å². The molecular weight excluding hydrogens is 236 g/mol. The minimum absolute atomic E-state index is 0.360. The largest absolute Gasteiger partial charge is 0.383 e. The molecule has 0 saturated carbocycles. The van der Waals surface area contributed by atoms with E-state index in [1.165, 1.54) is 5.39 Å². The third-order valence-electron chi connectivity index (χ3n) is 3.35. The summed E-state index contributed by atoms with van der Waals surface area (Å²) in [6.45, 7) is 5.90. The SMILES string of the molecule is COCC(NCc1ccc2ccccc2n1)C(C)C. The molecule has 3 heteroatoms. The average Bonchev–Trinajstić information content (AvgIpc) is 2.43. The van der Waals surface area contributed by atoms with Crippen LogP contribution in [0.15, 0.2) is 36.4 Å². The van der Waals surface area contributed by atoms with Crippen molar-refractivity contribution in [3.8, 4) is 0 Å². The van der Waals surface area contributed by atoms with Gasteiger partial charge in [-0.1, -0.05) is 38.1 Å². The summed E-state index contributed by atoms with van der Waals surface area (Å²) in [7, 11) is 1.74. The molecule has 0 fully saturated rings. The molecule has 0 aliphatic rings. The first-order valence-corrected chi connectivity index (χ1v) is 6.77. The highest BCUT2D eigenvalue weighted by Gasteiger charge is 2.12. The topological polar surface area (TPSA) is 34.1 Å². The molecule has 0 radical (unpaired) electrons. The van der Waals surface area contributed by atoms with Crippen LogP contribution in [0.5, 0.6) is 0 Å². The molecule has 0 aliphatic heterocycles. The lowest BCUT2D eigenvalue weighted by atomic mass is 10.1. The molecule has 1 atom stereocenters. The van der Waals surface area contributed by atoms with Crippen LogP contribution in [0.2, 0.25) is 0 Å². The van der Waals surface area contributed by atoms with Crippen molar-refractivity contribution >= 4 is 10.9 Å². The van der Waals surface area contributed by atoms with Gasteiger partial charge in [-0.05, 0) is 18.1 Å². The van der Waals surface area contributed by atoms with E-state index in [9.17, 15) is 0 Å². The maximum atomic E-state index is 5.24. The van der Waals surface area contributed by atoms with Gasteiger partial charge in [-0.15, -0.1) is 0 Å². The average molecular weight is 258 g/mol. The summed E-state index contributed by atoms with van der Waals surface area (Å²) < 4.78 is 5.24. The summed E-state index contributed by atoms with van der Waals surface area (Å²) in [6.07, 6.45) is 0. The smallest absolute Gasteiger partial charge is 0.0705 e. The summed E-state index contributed by atoms with van der Waals surface area (Å²) in [5.74, 6) is 0.542. The van der Waals surface area contributed by atoms with Crippen LogP contribution in [-0.4, -0.2) is 24.7 Å². The fourth-order valence-electron chi connectivity index (χ4n) is 2.11. The highest BCUT2D eigenvalue weighted by molar-refractivity contribution is 5.78. The second-order valence-corrected chi connectivity index (χ2v) is 5.18. The highest BCUT2D eigenvalue weighted by Crippen LogP contribution is 2.12. The maximum absolute atomic E-state index is 5.24. The number of rotatable bonds is 6. The van der Waals surface area contributed by atoms with Crippen molar-refractivity contribution in [2.24, 2.45) is 5.92 Å². The van der Waals surface area contributed by atoms with E-state index in [0.29, 0.717) is 12.0 Å². The molecule has 2 aromatic rings. The van der Waals surface area contributed by atoms with Gasteiger partial charge in [-0.2, -0.15) is 0 Å². The van der Waals surface area contributed by atoms with E-state index in [-0.39, 0.29) is 0 Å². The van der Waals surface area contributed by atoms with Crippen LogP contribution in [0.4, 0.5) is 0 Å². The Labute approximate surface area is 115 Å². The second-order valence-electron chi connectivity index (χ2n) is 5.18. The Bertz CT molecular complexity index is 525. The third kappa shape index (κ3) is 3.75. The van der Waals surface area contributed by atoms with Gasteiger partial charge in [0.15, 0.2) is 0 Å². The number of fused-ring (bicyclic) bond motifs is 1. The molecule has 19 heavy (non-hydrogen) atoms. The van der Waals surface area contributed by atoms with Gasteiger partial charge in [0.1, 0.15) is 0 Å². The van der Waals surface area contributed by atoms with Crippen LogP contribution in [0.3, 0.4) is 0 Å². The summed E-state index contributed by atoms with van der Waals surface area (Å²) in [5, 5.41) is 4.70. The Balaban J connectivity index is 2.04. The van der Waals surface area contributed by atoms with Crippen molar-refractivity contribution in [2.45, 2.75) is 26.4 Å². The van der Waals surface area contributed by atoms with E-state index in [1.54, 1.807) is 7.11 Å². The summed E-state index contributed by atoms with van der Waals surface area (Å²) >= 11 is 0. The number of hydrogen-bond acceptors (Lipinski definition) is 3. The van der Waals surface area contributed by atoms with E-state index in [0.717, 1.165) is 24.4 Å². The van der Waals surface area contributed by atoms with Crippen LogP contribution in [-0.2, 0) is 11.3 Å². The number of pyridine rings is 1. The highest BCUT2D eigenvalue weighted by atomic mass is 16.5. The van der Waals surface area contributed by atoms with Crippen LogP contribution >= 0.6 is 0 Å². The van der Waals surface area contributed by atoms with Gasteiger partial charge in [0.05, 0.1) is 17.8 Å². The van der Waals surface area contributed by atoms with Crippen molar-refractivity contribution in [3.05, 3.63) is 42.1 Å². The van der Waals surface area contributed by atoms with Gasteiger partial charge in [0, 0.05) is 25.1 Å². The van der Waals surface area contributed by atoms with E-state index in [4.69, 9.17) is 4.74 Å². The Morgan fingerprint density at radius 2 is 1.95 bits per heavy atom. The first kappa shape index (κ1) is 14.0. The minimum atomic E-state index is 0.360. The number of aromatic nitrogens is 1. The Morgan fingerprint density at radius 3 is 2.68 bits per heavy atom. The van der Waals surface area contributed by atoms with E-state index < -0.39 is 0 Å². The van der Waals surface area contributed by atoms with Crippen LogP contribution < -0.4 is 5.32 Å². The lowest BCUT2D eigenvalue weighted by molar-refractivity contribution is 0.146. The van der Waals surface area contributed by atoms with Crippen LogP contribution in [0.25, 0.3) is 10.9 Å². The van der Waals surface area contributed by atoms with Gasteiger partial charge in [0.25, 0.3) is 0 Å². The van der Waals surface area contributed by atoms with Crippen molar-refractivity contribution in [1.29, 1.82) is 0 Å². The van der Waals surface area contributed by atoms with Gasteiger partial charge in [-0.25, -0.2) is 0 Å². The molecule has 1 heterocycles. The monoisotopic (exact) mass is 258 g/mol. The molecule has 0 aliphatic carbocycles. The molecule has 3 nitrogen and oxygen atoms in total. The second kappa shape index (κ2) is 6.64. The van der Waals surface area contributed by atoms with E-state index >= 15 is 0 Å². The zero-order valence-electron chi connectivity index (χ0n) is 11.9. The number of para-hydroxylation sites is 1. The Hall–Kier alpha value is -1.45. The molecule has 0 bridgehead atoms. The first-order valence-electron chi connectivity index (χ1n) is 6.77. The zero-order valence-corrected chi connectivity index (χ0v) is 11.9. The molecule has 1 N–H and O–H groups in total. The summed E-state index contributed by atoms with van der Waals surface area (Å²) in [4.78, 5) is 4.66. The Kier molecular flexibility index (Phi) is 4.88. The number of nitrogens with one attached hydrogen (secondary N) is 1. The Morgan fingerprint density at radius 1 is 1.16 bits per heavy atom. The van der Waals surface area contributed by atoms with Crippen molar-refractivity contribution in [2.75, 3.05) is 13.7 Å². The van der Waals surface area contributed by atoms with Crippen LogP contribution in [0, 0.1) is 5.92 Å². The van der Waals surface area contributed by atoms with Crippen LogP contribution in [0.1, 0.15) is 19.5 Å². The fraction of sp³-hybridized carbons (Fsp3) is 0.438. The standard InChI is InChI=1S/C16H22N2O/c1-12(2)16(11-19-3)17-10-14-9-8-13-6-4-5-7-15(13)18-14/h4-9,12,16-17H,10-11H2,1-3H3. The molecule has 2 rings (SSSR count). The van der Waals surface area contributed by atoms with Crippen molar-refractivity contribution < 1.29 is 4.74 Å². The van der Waals surface area contributed by atoms with Gasteiger partial charge in [-0.3, -0.25) is 4.98 Å². The molecule has 1 aromatic carbocycles. The maximum Gasteiger partial charge on any atom is 0.0705 e. The molecule has 0 amide bonds. The summed E-state index contributed by atoms with van der Waals surface area (Å²) in [6, 6.07) is 12.8. The summed E-state index contributed by atoms with van der Waals surface area (Å²) in [5.41, 5.74) is 2.12. The zero-order chi connectivity index (χ0) is 13.7. The predicted molar refractivity (Wildman–Crippen MR) is 79.1 cm³/mol. The first-order chi connectivity index (χ1) is 9.20. The lowest BCUT2D eigenvalue weighted by Crippen LogP contribution is -2.37. The predicted octanol–water partition coefficient (Wildman–Crippen LogP) is 3.00. The van der Waals surface area contributed by atoms with Crippen molar-refractivity contribution in [3.63, 3.8) is 0 Å². The lowest BCUT2D eigenvalue weighted by Gasteiger charge is -2.21. The van der Waals surface area contributed by atoms with Crippen molar-refractivity contribution in [1.82, 2.24) is 10.3 Å². The third-order valence-corrected chi connectivity index (χ3v) is 3.35. The quantitative estimate of drug-likeness (QED) is 0.865. The number of ether oxygens (including phenoxy) is 1. The molecule has 0 saturated heterocycles. The molecular formula is C16H22N2O. The number of methoxy groups -OCH3 is 1. The normalized spacial score (nSPS) is 13.1. The molecule has 1 aromatic heterocycles. The van der Waals surface area contributed by atoms with E-state index in [1.807, 2.05) is 18.2 Å². The molecule has 102 valence electrons. The van der Waals surface area contributed by atoms with Gasteiger partial charge < -0.3 is 10.1 Å². The number of benzene rings is 1. The fourth-order valence-corrected chi connectivity index (χ4v) is 2.11. The number of hydrogen-bond donors (Lipinski definition) is 1. The van der Waals surface area contributed by atoms with Gasteiger partial charge >= 0.3 is 0 Å². The molecule has 1 unspecified atom stereocenters. The minimum Gasteiger partial charge on any atom is -0.383 e. The number of nitrogens with zero attached hydrogens (tertiary/aromatic N) is 1. The molecule has 0 spiro atoms. The van der Waals surface area contributed by atoms with Gasteiger partial charge in [0.2, 0.25) is 0 Å².